The molecule has 0 saturated heterocycles. The molecule has 15 heteroatoms. The van der Waals surface area contributed by atoms with Crippen molar-refractivity contribution < 1.29 is 60.0 Å². The largest absolute Gasteiger partial charge is 0.573 e. The number of alkyl halides is 6. The molecule has 0 saturated carbocycles. The van der Waals surface area contributed by atoms with Crippen molar-refractivity contribution in [2.75, 3.05) is 11.9 Å². The topological polar surface area (TPSA) is 123 Å². The summed E-state index contributed by atoms with van der Waals surface area (Å²) in [7, 11) is 0. The summed E-state index contributed by atoms with van der Waals surface area (Å²) >= 11 is 0. The van der Waals surface area contributed by atoms with Crippen molar-refractivity contribution >= 4 is 23.7 Å². The molecule has 218 valence electrons. The molecule has 3 rings (SSSR count). The Bertz CT molecular complexity index is 1380. The van der Waals surface area contributed by atoms with Crippen LogP contribution in [0.1, 0.15) is 27.9 Å². The quantitative estimate of drug-likeness (QED) is 0.253. The number of hydrogen-bond acceptors (Lipinski definition) is 6. The van der Waals surface area contributed by atoms with Gasteiger partial charge in [-0.3, -0.25) is 14.9 Å². The summed E-state index contributed by atoms with van der Waals surface area (Å²) in [6.07, 6.45) is -11.7. The normalized spacial score (nSPS) is 11.4. The molecule has 41 heavy (non-hydrogen) atoms. The van der Waals surface area contributed by atoms with E-state index in [0.29, 0.717) is 0 Å². The van der Waals surface area contributed by atoms with Crippen molar-refractivity contribution in [3.8, 4) is 17.2 Å². The van der Waals surface area contributed by atoms with Crippen LogP contribution in [0.4, 0.5) is 36.8 Å². The molecule has 3 aromatic carbocycles. The first-order valence-corrected chi connectivity index (χ1v) is 11.5. The molecule has 3 N–H and O–H groups in total. The number of ether oxygens (including phenoxy) is 3. The highest BCUT2D eigenvalue weighted by molar-refractivity contribution is 5.95. The van der Waals surface area contributed by atoms with Crippen LogP contribution in [0, 0.1) is 0 Å². The Kier molecular flexibility index (Phi) is 9.65. The van der Waals surface area contributed by atoms with Crippen molar-refractivity contribution in [1.82, 2.24) is 5.32 Å². The lowest BCUT2D eigenvalue weighted by molar-refractivity contribution is -0.275. The Labute approximate surface area is 227 Å². The second-order valence-electron chi connectivity index (χ2n) is 8.14. The molecular weight excluding hydrogens is 566 g/mol. The first kappa shape index (κ1) is 30.6. The number of halogens is 6. The van der Waals surface area contributed by atoms with E-state index in [1.807, 2.05) is 0 Å². The van der Waals surface area contributed by atoms with Crippen LogP contribution in [0.5, 0.6) is 17.2 Å². The molecule has 0 fully saturated rings. The molecule has 2 amide bonds. The number of anilines is 1. The predicted octanol–water partition coefficient (Wildman–Crippen LogP) is 5.89. The monoisotopic (exact) mass is 586 g/mol. The van der Waals surface area contributed by atoms with Gasteiger partial charge in [0.2, 0.25) is 0 Å². The summed E-state index contributed by atoms with van der Waals surface area (Å²) in [5.74, 6) is -3.20. The van der Waals surface area contributed by atoms with E-state index in [1.165, 1.54) is 42.5 Å². The van der Waals surface area contributed by atoms with E-state index < -0.39 is 42.2 Å². The lowest BCUT2D eigenvalue weighted by Crippen LogP contribution is -2.26. The van der Waals surface area contributed by atoms with Gasteiger partial charge in [0, 0.05) is 29.8 Å². The highest BCUT2D eigenvalue weighted by atomic mass is 19.4. The fraction of sp³-hybridized carbons (Fsp3) is 0.192. The van der Waals surface area contributed by atoms with Gasteiger partial charge in [-0.05, 0) is 54.1 Å². The number of aliphatic carboxylic acids is 1. The minimum Gasteiger partial charge on any atom is -0.481 e. The van der Waals surface area contributed by atoms with E-state index in [-0.39, 0.29) is 47.5 Å². The molecule has 0 aromatic heterocycles. The Balaban J connectivity index is 1.75. The molecule has 0 bridgehead atoms. The number of carboxylic acids is 1. The minimum absolute atomic E-state index is 0.0918. The van der Waals surface area contributed by atoms with Crippen molar-refractivity contribution in [1.29, 1.82) is 0 Å². The summed E-state index contributed by atoms with van der Waals surface area (Å²) < 4.78 is 89.4. The smallest absolute Gasteiger partial charge is 0.481 e. The van der Waals surface area contributed by atoms with Crippen molar-refractivity contribution in [3.63, 3.8) is 0 Å². The van der Waals surface area contributed by atoms with Gasteiger partial charge in [-0.1, -0.05) is 18.2 Å². The number of carbonyl (C=O) groups excluding carboxylic acids is 2. The van der Waals surface area contributed by atoms with Gasteiger partial charge >= 0.3 is 24.8 Å². The van der Waals surface area contributed by atoms with Crippen molar-refractivity contribution in [2.24, 2.45) is 0 Å². The van der Waals surface area contributed by atoms with Gasteiger partial charge in [0.05, 0.1) is 6.42 Å². The van der Waals surface area contributed by atoms with E-state index in [1.54, 1.807) is 0 Å². The number of benzene rings is 3. The summed E-state index contributed by atoms with van der Waals surface area (Å²) in [5.41, 5.74) is 0.347. The molecule has 0 heterocycles. The molecule has 0 aliphatic carbocycles. The minimum atomic E-state index is -5.10. The van der Waals surface area contributed by atoms with E-state index in [2.05, 4.69) is 20.1 Å². The Hall–Kier alpha value is -4.95. The SMILES string of the molecule is O=C(O)CCNC(=O)c1ccc(NC(=O)Oc2cccc(OC(F)(F)F)c2Cc2ccc(OC(F)(F)F)cc2)cc1. The van der Waals surface area contributed by atoms with Crippen LogP contribution < -0.4 is 24.8 Å². The summed E-state index contributed by atoms with van der Waals surface area (Å²) in [5, 5.41) is 13.4. The van der Waals surface area contributed by atoms with E-state index in [9.17, 15) is 40.7 Å². The third kappa shape index (κ3) is 10.3. The highest BCUT2D eigenvalue weighted by Gasteiger charge is 2.33. The zero-order chi connectivity index (χ0) is 30.2. The lowest BCUT2D eigenvalue weighted by Gasteiger charge is -2.17. The predicted molar refractivity (Wildman–Crippen MR) is 130 cm³/mol. The molecule has 0 atom stereocenters. The summed E-state index contributed by atoms with van der Waals surface area (Å²) in [4.78, 5) is 35.1. The zero-order valence-corrected chi connectivity index (χ0v) is 20.6. The van der Waals surface area contributed by atoms with E-state index in [0.717, 1.165) is 24.3 Å². The maximum absolute atomic E-state index is 13.0. The average molecular weight is 586 g/mol. The summed E-state index contributed by atoms with van der Waals surface area (Å²) in [6, 6.07) is 13.0. The van der Waals surface area contributed by atoms with Crippen LogP contribution in [0.3, 0.4) is 0 Å². The average Bonchev–Trinajstić information content (AvgIpc) is 2.85. The number of carboxylic acid groups (broad SMARTS) is 1. The molecule has 0 aliphatic rings. The van der Waals surface area contributed by atoms with Gasteiger partial charge in [-0.15, -0.1) is 26.3 Å². The van der Waals surface area contributed by atoms with Crippen LogP contribution >= 0.6 is 0 Å². The van der Waals surface area contributed by atoms with Gasteiger partial charge < -0.3 is 24.6 Å². The summed E-state index contributed by atoms with van der Waals surface area (Å²) in [6.45, 7) is -0.0918. The maximum Gasteiger partial charge on any atom is 0.573 e. The fourth-order valence-corrected chi connectivity index (χ4v) is 3.38. The van der Waals surface area contributed by atoms with Crippen LogP contribution in [0.2, 0.25) is 0 Å². The van der Waals surface area contributed by atoms with Gasteiger partial charge in [-0.25, -0.2) is 4.79 Å². The number of amides is 2. The molecule has 0 unspecified atom stereocenters. The van der Waals surface area contributed by atoms with E-state index >= 15 is 0 Å². The number of rotatable bonds is 10. The van der Waals surface area contributed by atoms with Gasteiger partial charge in [-0.2, -0.15) is 0 Å². The van der Waals surface area contributed by atoms with Gasteiger partial charge in [0.15, 0.2) is 0 Å². The van der Waals surface area contributed by atoms with Gasteiger partial charge in [0.1, 0.15) is 17.2 Å². The van der Waals surface area contributed by atoms with Crippen LogP contribution in [-0.2, 0) is 11.2 Å². The number of carbonyl (C=O) groups is 3. The lowest BCUT2D eigenvalue weighted by atomic mass is 10.0. The Morgan fingerprint density at radius 2 is 1.39 bits per heavy atom. The molecular formula is C26H20F6N2O7. The number of nitrogens with one attached hydrogen (secondary N) is 2. The standard InChI is InChI=1S/C26H20F6N2O7/c27-25(28,29)40-18-10-4-15(5-11-18)14-19-20(2-1-3-21(19)41-26(30,31)32)39-24(38)34-17-8-6-16(7-9-17)23(37)33-13-12-22(35)36/h1-11H,12-14H2,(H,33,37)(H,34,38)(H,35,36). The van der Waals surface area contributed by atoms with Crippen LogP contribution in [-0.4, -0.2) is 42.3 Å². The highest BCUT2D eigenvalue weighted by Crippen LogP contribution is 2.35. The Morgan fingerprint density at radius 3 is 1.98 bits per heavy atom. The van der Waals surface area contributed by atoms with Gasteiger partial charge in [0.25, 0.3) is 5.91 Å². The zero-order valence-electron chi connectivity index (χ0n) is 20.6. The molecule has 3 aromatic rings. The molecule has 9 nitrogen and oxygen atoms in total. The third-order valence-electron chi connectivity index (χ3n) is 5.07. The first-order valence-electron chi connectivity index (χ1n) is 11.5. The molecule has 0 radical (unpaired) electrons. The third-order valence-corrected chi connectivity index (χ3v) is 5.07. The molecule has 0 aliphatic heterocycles. The number of hydrogen-bond donors (Lipinski definition) is 3. The second kappa shape index (κ2) is 12.9. The Morgan fingerprint density at radius 1 is 0.780 bits per heavy atom. The van der Waals surface area contributed by atoms with E-state index in [4.69, 9.17) is 9.84 Å². The van der Waals surface area contributed by atoms with Crippen molar-refractivity contribution in [3.05, 3.63) is 83.4 Å². The second-order valence-corrected chi connectivity index (χ2v) is 8.14. The first-order chi connectivity index (χ1) is 19.2. The molecule has 0 spiro atoms. The van der Waals surface area contributed by atoms with Crippen LogP contribution in [0.25, 0.3) is 0 Å². The fourth-order valence-electron chi connectivity index (χ4n) is 3.38. The van der Waals surface area contributed by atoms with Crippen LogP contribution in [0.15, 0.2) is 66.7 Å². The van der Waals surface area contributed by atoms with Crippen molar-refractivity contribution in [2.45, 2.75) is 25.6 Å². The maximum atomic E-state index is 13.0.